The molecule has 1 aromatic rings. The van der Waals surface area contributed by atoms with Gasteiger partial charge in [0.15, 0.2) is 0 Å². The van der Waals surface area contributed by atoms with Crippen LogP contribution in [-0.4, -0.2) is 52.8 Å². The summed E-state index contributed by atoms with van der Waals surface area (Å²) in [6.07, 6.45) is 2.86. The van der Waals surface area contributed by atoms with Crippen LogP contribution >= 0.6 is 39.9 Å². The van der Waals surface area contributed by atoms with E-state index in [0.29, 0.717) is 12.1 Å². The monoisotopic (exact) mass is 518 g/mol. The van der Waals surface area contributed by atoms with Crippen molar-refractivity contribution < 1.29 is 22.6 Å². The number of anilines is 1. The number of carbonyl (C=O) groups is 2. The second-order valence-corrected chi connectivity index (χ2v) is 10.8. The average molecular weight is 519 g/mol. The molecule has 0 spiro atoms. The van der Waals surface area contributed by atoms with Crippen molar-refractivity contribution in [2.45, 2.75) is 26.2 Å². The van der Waals surface area contributed by atoms with Gasteiger partial charge in [0.1, 0.15) is 4.32 Å². The lowest BCUT2D eigenvalue weighted by Gasteiger charge is -2.16. The Labute approximate surface area is 187 Å². The van der Waals surface area contributed by atoms with Gasteiger partial charge in [-0.3, -0.25) is 19.0 Å². The molecule has 11 heteroatoms. The van der Waals surface area contributed by atoms with Gasteiger partial charge < -0.3 is 4.90 Å². The second-order valence-electron chi connectivity index (χ2n) is 6.64. The summed E-state index contributed by atoms with van der Waals surface area (Å²) >= 11 is 9.62. The quantitative estimate of drug-likeness (QED) is 0.255. The first kappa shape index (κ1) is 22.4. The zero-order chi connectivity index (χ0) is 21.3. The van der Waals surface area contributed by atoms with Gasteiger partial charge in [0.2, 0.25) is 0 Å². The molecule has 1 aromatic carbocycles. The molecule has 2 amide bonds. The van der Waals surface area contributed by atoms with Crippen LogP contribution in [0.4, 0.5) is 5.69 Å². The number of unbranched alkanes of at least 4 members (excludes halogenated alkanes) is 2. The van der Waals surface area contributed by atoms with Crippen LogP contribution in [0.2, 0.25) is 0 Å². The maximum atomic E-state index is 13.2. The van der Waals surface area contributed by atoms with Crippen LogP contribution in [0.3, 0.4) is 0 Å². The number of amides is 2. The van der Waals surface area contributed by atoms with Gasteiger partial charge in [0.05, 0.1) is 21.9 Å². The van der Waals surface area contributed by atoms with Gasteiger partial charge in [-0.2, -0.15) is 8.42 Å². The zero-order valence-electron chi connectivity index (χ0n) is 15.6. The lowest BCUT2D eigenvalue weighted by atomic mass is 10.1. The standard InChI is InChI=1S/C18H19BrN2O5S3/c1-2-3-4-7-20-13-6-5-11(19)10-12(13)14(16(20)22)15-17(23)21(18(27)28-15)8-9-29(24,25)26/h5-6,10H,2-4,7-9H2,1H3,(H,24,25,26)/b15-14-. The highest BCUT2D eigenvalue weighted by molar-refractivity contribution is 9.10. The van der Waals surface area contributed by atoms with Crippen molar-refractivity contribution in [1.82, 2.24) is 4.90 Å². The minimum absolute atomic E-state index is 0.162. The number of benzene rings is 1. The van der Waals surface area contributed by atoms with E-state index in [0.717, 1.165) is 46.1 Å². The van der Waals surface area contributed by atoms with Crippen molar-refractivity contribution in [3.05, 3.63) is 33.1 Å². The van der Waals surface area contributed by atoms with Gasteiger partial charge >= 0.3 is 0 Å². The maximum Gasteiger partial charge on any atom is 0.267 e. The first-order valence-corrected chi connectivity index (χ1v) is 12.6. The minimum atomic E-state index is -4.24. The molecule has 0 unspecified atom stereocenters. The molecule has 2 heterocycles. The van der Waals surface area contributed by atoms with E-state index < -0.39 is 21.8 Å². The fourth-order valence-electron chi connectivity index (χ4n) is 3.21. The molecule has 0 saturated carbocycles. The Bertz CT molecular complexity index is 1020. The third kappa shape index (κ3) is 4.74. The highest BCUT2D eigenvalue weighted by Crippen LogP contribution is 2.45. The van der Waals surface area contributed by atoms with Gasteiger partial charge in [-0.1, -0.05) is 59.7 Å². The van der Waals surface area contributed by atoms with Crippen molar-refractivity contribution in [3.8, 4) is 0 Å². The summed E-state index contributed by atoms with van der Waals surface area (Å²) in [6.45, 7) is 2.37. The molecule has 1 fully saturated rings. The predicted molar refractivity (Wildman–Crippen MR) is 121 cm³/mol. The summed E-state index contributed by atoms with van der Waals surface area (Å²) in [5, 5.41) is 0. The van der Waals surface area contributed by atoms with E-state index >= 15 is 0 Å². The number of halogens is 1. The van der Waals surface area contributed by atoms with Crippen molar-refractivity contribution in [2.75, 3.05) is 23.7 Å². The van der Waals surface area contributed by atoms with Gasteiger partial charge in [0, 0.05) is 23.1 Å². The lowest BCUT2D eigenvalue weighted by Crippen LogP contribution is -2.33. The number of carbonyl (C=O) groups excluding carboxylic acids is 2. The largest absolute Gasteiger partial charge is 0.308 e. The van der Waals surface area contributed by atoms with Crippen LogP contribution in [-0.2, 0) is 19.7 Å². The number of nitrogens with zero attached hydrogens (tertiary/aromatic N) is 2. The first-order valence-electron chi connectivity index (χ1n) is 8.99. The van der Waals surface area contributed by atoms with E-state index in [-0.39, 0.29) is 27.3 Å². The first-order chi connectivity index (χ1) is 13.6. The summed E-state index contributed by atoms with van der Waals surface area (Å²) in [7, 11) is -4.24. The molecular formula is C18H19BrN2O5S3. The third-order valence-corrected chi connectivity index (χ3v) is 7.25. The number of thiocarbonyl (C=S) groups is 1. The SMILES string of the molecule is CCCCCN1C(=O)/C(=C2\SC(=S)N(CCS(=O)(=O)O)C2=O)c2cc(Br)ccc21. The molecular weight excluding hydrogens is 500 g/mol. The second kappa shape index (κ2) is 8.84. The number of thioether (sulfide) groups is 1. The lowest BCUT2D eigenvalue weighted by molar-refractivity contribution is -0.122. The topological polar surface area (TPSA) is 95.0 Å². The van der Waals surface area contributed by atoms with Gasteiger partial charge in [-0.25, -0.2) is 0 Å². The van der Waals surface area contributed by atoms with Crippen LogP contribution in [0.5, 0.6) is 0 Å². The molecule has 0 atom stereocenters. The summed E-state index contributed by atoms with van der Waals surface area (Å²) in [5.41, 5.74) is 1.67. The molecule has 0 bridgehead atoms. The number of fused-ring (bicyclic) bond motifs is 1. The van der Waals surface area contributed by atoms with E-state index in [9.17, 15) is 18.0 Å². The van der Waals surface area contributed by atoms with Crippen molar-refractivity contribution >= 4 is 77.4 Å². The van der Waals surface area contributed by atoms with Crippen molar-refractivity contribution in [1.29, 1.82) is 0 Å². The van der Waals surface area contributed by atoms with E-state index in [1.165, 1.54) is 0 Å². The van der Waals surface area contributed by atoms with Crippen LogP contribution in [0.1, 0.15) is 31.7 Å². The van der Waals surface area contributed by atoms with Gasteiger partial charge in [0.25, 0.3) is 21.9 Å². The Balaban J connectivity index is 1.99. The molecule has 0 aromatic heterocycles. The Hall–Kier alpha value is -1.27. The number of hydrogen-bond donors (Lipinski definition) is 1. The summed E-state index contributed by atoms with van der Waals surface area (Å²) in [6, 6.07) is 5.49. The van der Waals surface area contributed by atoms with Crippen LogP contribution in [0.15, 0.2) is 27.6 Å². The van der Waals surface area contributed by atoms with E-state index in [4.69, 9.17) is 16.8 Å². The third-order valence-electron chi connectivity index (χ3n) is 4.61. The molecule has 0 radical (unpaired) electrons. The summed E-state index contributed by atoms with van der Waals surface area (Å²) in [4.78, 5) is 29.1. The molecule has 3 rings (SSSR count). The fraction of sp³-hybridized carbons (Fsp3) is 0.389. The zero-order valence-corrected chi connectivity index (χ0v) is 19.6. The predicted octanol–water partition coefficient (Wildman–Crippen LogP) is 3.45. The van der Waals surface area contributed by atoms with E-state index in [1.54, 1.807) is 11.0 Å². The Morgan fingerprint density at radius 1 is 1.14 bits per heavy atom. The number of hydrogen-bond acceptors (Lipinski definition) is 6. The van der Waals surface area contributed by atoms with Crippen molar-refractivity contribution in [3.63, 3.8) is 0 Å². The van der Waals surface area contributed by atoms with Gasteiger partial charge in [-0.15, -0.1) is 0 Å². The maximum absolute atomic E-state index is 13.2. The average Bonchev–Trinajstić information content (AvgIpc) is 3.05. The number of rotatable bonds is 7. The van der Waals surface area contributed by atoms with Crippen LogP contribution in [0, 0.1) is 0 Å². The molecule has 2 aliphatic heterocycles. The molecule has 29 heavy (non-hydrogen) atoms. The normalized spacial score (nSPS) is 19.5. The molecule has 156 valence electrons. The minimum Gasteiger partial charge on any atom is -0.308 e. The van der Waals surface area contributed by atoms with Crippen LogP contribution < -0.4 is 4.90 Å². The van der Waals surface area contributed by atoms with Gasteiger partial charge in [-0.05, 0) is 24.6 Å². The van der Waals surface area contributed by atoms with E-state index in [2.05, 4.69) is 22.9 Å². The fourth-order valence-corrected chi connectivity index (χ4v) is 5.37. The highest BCUT2D eigenvalue weighted by Gasteiger charge is 2.42. The Kier molecular flexibility index (Phi) is 6.84. The van der Waals surface area contributed by atoms with Crippen molar-refractivity contribution in [2.24, 2.45) is 0 Å². The Morgan fingerprint density at radius 2 is 1.86 bits per heavy atom. The van der Waals surface area contributed by atoms with Crippen LogP contribution in [0.25, 0.3) is 5.57 Å². The molecule has 2 aliphatic rings. The summed E-state index contributed by atoms with van der Waals surface area (Å²) in [5.74, 6) is -1.40. The Morgan fingerprint density at radius 3 is 2.52 bits per heavy atom. The summed E-state index contributed by atoms with van der Waals surface area (Å²) < 4.78 is 32.0. The molecule has 1 saturated heterocycles. The smallest absolute Gasteiger partial charge is 0.267 e. The molecule has 0 aliphatic carbocycles. The molecule has 7 nitrogen and oxygen atoms in total. The highest BCUT2D eigenvalue weighted by atomic mass is 79.9. The van der Waals surface area contributed by atoms with E-state index in [1.807, 2.05) is 12.1 Å². The molecule has 1 N–H and O–H groups in total.